The van der Waals surface area contributed by atoms with Crippen LogP contribution >= 0.6 is 0 Å². The number of H-pyrrole nitrogens is 1. The van der Waals surface area contributed by atoms with Gasteiger partial charge in [-0.05, 0) is 39.5 Å². The highest BCUT2D eigenvalue weighted by Gasteiger charge is 2.27. The van der Waals surface area contributed by atoms with Crippen LogP contribution in [0, 0.1) is 5.92 Å². The lowest BCUT2D eigenvalue weighted by molar-refractivity contribution is 0.0166. The molecule has 0 aliphatic carbocycles. The molecule has 1 aliphatic rings. The monoisotopic (exact) mass is 295 g/mol. The van der Waals surface area contributed by atoms with Gasteiger partial charge in [-0.25, -0.2) is 9.78 Å². The second kappa shape index (κ2) is 6.89. The first-order valence-electron chi connectivity index (χ1n) is 7.47. The Balaban J connectivity index is 1.74. The fourth-order valence-electron chi connectivity index (χ4n) is 2.43. The highest BCUT2D eigenvalue weighted by Crippen LogP contribution is 2.18. The fraction of sp³-hybridized carbons (Fsp3) is 0.786. The van der Waals surface area contributed by atoms with E-state index in [2.05, 4.69) is 20.5 Å². The van der Waals surface area contributed by atoms with Gasteiger partial charge >= 0.3 is 6.09 Å². The lowest BCUT2D eigenvalue weighted by atomic mass is 9.98. The van der Waals surface area contributed by atoms with Crippen molar-refractivity contribution in [2.45, 2.75) is 45.8 Å². The van der Waals surface area contributed by atoms with Crippen molar-refractivity contribution in [2.24, 2.45) is 5.92 Å². The summed E-state index contributed by atoms with van der Waals surface area (Å²) in [7, 11) is 0. The van der Waals surface area contributed by atoms with Gasteiger partial charge in [0.25, 0.3) is 0 Å². The Morgan fingerprint density at radius 3 is 3.05 bits per heavy atom. The highest BCUT2D eigenvalue weighted by molar-refractivity contribution is 5.68. The maximum atomic E-state index is 12.1. The van der Waals surface area contributed by atoms with E-state index in [0.29, 0.717) is 12.5 Å². The van der Waals surface area contributed by atoms with Crippen LogP contribution < -0.4 is 5.32 Å². The molecule has 0 radical (unpaired) electrons. The van der Waals surface area contributed by atoms with Crippen molar-refractivity contribution in [1.82, 2.24) is 25.4 Å². The highest BCUT2D eigenvalue weighted by atomic mass is 16.6. The number of aromatic nitrogens is 3. The number of aromatic amines is 1. The third kappa shape index (κ3) is 5.34. The first-order chi connectivity index (χ1) is 9.94. The second-order valence-electron chi connectivity index (χ2n) is 6.50. The molecular weight excluding hydrogens is 270 g/mol. The Labute approximate surface area is 125 Å². The Morgan fingerprint density at radius 1 is 1.57 bits per heavy atom. The number of hydrogen-bond donors (Lipinski definition) is 2. The van der Waals surface area contributed by atoms with Crippen molar-refractivity contribution in [2.75, 3.05) is 19.6 Å². The summed E-state index contributed by atoms with van der Waals surface area (Å²) in [5, 5.41) is 9.98. The molecule has 2 rings (SSSR count). The number of carbonyl (C=O) groups is 1. The molecule has 1 aromatic rings. The molecule has 7 heteroatoms. The summed E-state index contributed by atoms with van der Waals surface area (Å²) in [6, 6.07) is 0. The van der Waals surface area contributed by atoms with Crippen molar-refractivity contribution in [3.8, 4) is 0 Å². The predicted molar refractivity (Wildman–Crippen MR) is 78.6 cm³/mol. The number of rotatable bonds is 4. The molecule has 0 aromatic carbocycles. The number of carbonyl (C=O) groups excluding carboxylic acids is 1. The molecule has 0 saturated carbocycles. The van der Waals surface area contributed by atoms with E-state index in [-0.39, 0.29) is 6.09 Å². The minimum atomic E-state index is -0.436. The molecule has 1 aliphatic heterocycles. The van der Waals surface area contributed by atoms with Crippen LogP contribution in [0.5, 0.6) is 0 Å². The summed E-state index contributed by atoms with van der Waals surface area (Å²) in [4.78, 5) is 18.0. The Hall–Kier alpha value is -1.63. The molecule has 0 bridgehead atoms. The van der Waals surface area contributed by atoms with Crippen LogP contribution in [0.4, 0.5) is 4.79 Å². The standard InChI is InChI=1S/C14H25N5O2/c1-14(2,3)21-13(20)19-6-4-5-11(9-19)7-15-8-12-16-10-17-18-12/h10-11,15H,4-9H2,1-3H3,(H,16,17,18). The molecular formula is C14H25N5O2. The maximum Gasteiger partial charge on any atom is 0.410 e. The zero-order chi connectivity index (χ0) is 15.3. The molecule has 21 heavy (non-hydrogen) atoms. The molecule has 1 aromatic heterocycles. The quantitative estimate of drug-likeness (QED) is 0.880. The average Bonchev–Trinajstić information content (AvgIpc) is 2.90. The molecule has 1 amide bonds. The third-order valence-electron chi connectivity index (χ3n) is 3.36. The van der Waals surface area contributed by atoms with E-state index in [1.165, 1.54) is 6.33 Å². The maximum absolute atomic E-state index is 12.1. The molecule has 1 atom stereocenters. The van der Waals surface area contributed by atoms with Crippen molar-refractivity contribution >= 4 is 6.09 Å². The smallest absolute Gasteiger partial charge is 0.410 e. The van der Waals surface area contributed by atoms with Crippen LogP contribution in [0.1, 0.15) is 39.4 Å². The molecule has 1 unspecified atom stereocenters. The lowest BCUT2D eigenvalue weighted by Gasteiger charge is -2.34. The molecule has 1 fully saturated rings. The van der Waals surface area contributed by atoms with Crippen molar-refractivity contribution in [3.05, 3.63) is 12.2 Å². The average molecular weight is 295 g/mol. The van der Waals surface area contributed by atoms with Gasteiger partial charge in [0.15, 0.2) is 0 Å². The number of hydrogen-bond acceptors (Lipinski definition) is 5. The SMILES string of the molecule is CC(C)(C)OC(=O)N1CCCC(CNCc2ncn[nH]2)C1. The zero-order valence-corrected chi connectivity index (χ0v) is 13.1. The molecule has 2 N–H and O–H groups in total. The third-order valence-corrected chi connectivity index (χ3v) is 3.36. The van der Waals surface area contributed by atoms with Gasteiger partial charge in [-0.2, -0.15) is 5.10 Å². The minimum absolute atomic E-state index is 0.206. The van der Waals surface area contributed by atoms with Crippen molar-refractivity contribution in [3.63, 3.8) is 0 Å². The number of nitrogens with one attached hydrogen (secondary N) is 2. The fourth-order valence-corrected chi connectivity index (χ4v) is 2.43. The van der Waals surface area contributed by atoms with E-state index in [4.69, 9.17) is 4.74 Å². The van der Waals surface area contributed by atoms with Gasteiger partial charge in [-0.3, -0.25) is 5.10 Å². The Bertz CT molecular complexity index is 441. The van der Waals surface area contributed by atoms with Crippen LogP contribution in [0.25, 0.3) is 0 Å². The van der Waals surface area contributed by atoms with Gasteiger partial charge in [-0.1, -0.05) is 0 Å². The van der Waals surface area contributed by atoms with Crippen LogP contribution in [0.15, 0.2) is 6.33 Å². The van der Waals surface area contributed by atoms with Gasteiger partial charge in [0.1, 0.15) is 17.8 Å². The van der Waals surface area contributed by atoms with E-state index in [9.17, 15) is 4.79 Å². The van der Waals surface area contributed by atoms with E-state index in [1.807, 2.05) is 25.7 Å². The minimum Gasteiger partial charge on any atom is -0.444 e. The largest absolute Gasteiger partial charge is 0.444 e. The van der Waals surface area contributed by atoms with Gasteiger partial charge in [0.05, 0.1) is 6.54 Å². The lowest BCUT2D eigenvalue weighted by Crippen LogP contribution is -2.45. The second-order valence-corrected chi connectivity index (χ2v) is 6.50. The van der Waals surface area contributed by atoms with Crippen LogP contribution in [0.2, 0.25) is 0 Å². The van der Waals surface area contributed by atoms with Gasteiger partial charge < -0.3 is 15.0 Å². The van der Waals surface area contributed by atoms with Gasteiger partial charge in [0, 0.05) is 19.6 Å². The number of likely N-dealkylation sites (tertiary alicyclic amines) is 1. The zero-order valence-electron chi connectivity index (χ0n) is 13.1. The Kier molecular flexibility index (Phi) is 5.17. The summed E-state index contributed by atoms with van der Waals surface area (Å²) in [5.74, 6) is 1.28. The summed E-state index contributed by atoms with van der Waals surface area (Å²) in [6.45, 7) is 8.75. The normalized spacial score (nSPS) is 19.6. The summed E-state index contributed by atoms with van der Waals surface area (Å²) in [5.41, 5.74) is -0.436. The van der Waals surface area contributed by atoms with E-state index in [0.717, 1.165) is 38.3 Å². The number of nitrogens with zero attached hydrogens (tertiary/aromatic N) is 3. The summed E-state index contributed by atoms with van der Waals surface area (Å²) in [6.07, 6.45) is 3.45. The number of piperidine rings is 1. The topological polar surface area (TPSA) is 83.1 Å². The number of amides is 1. The van der Waals surface area contributed by atoms with Crippen molar-refractivity contribution in [1.29, 1.82) is 0 Å². The molecule has 0 spiro atoms. The van der Waals surface area contributed by atoms with Gasteiger partial charge in [-0.15, -0.1) is 0 Å². The van der Waals surface area contributed by atoms with Crippen molar-refractivity contribution < 1.29 is 9.53 Å². The first-order valence-corrected chi connectivity index (χ1v) is 7.47. The molecule has 118 valence electrons. The van der Waals surface area contributed by atoms with E-state index < -0.39 is 5.60 Å². The summed E-state index contributed by atoms with van der Waals surface area (Å²) >= 11 is 0. The Morgan fingerprint density at radius 2 is 2.38 bits per heavy atom. The van der Waals surface area contributed by atoms with Crippen LogP contribution in [-0.4, -0.2) is 51.4 Å². The summed E-state index contributed by atoms with van der Waals surface area (Å²) < 4.78 is 5.43. The first kappa shape index (κ1) is 15.8. The van der Waals surface area contributed by atoms with Gasteiger partial charge in [0.2, 0.25) is 0 Å². The van der Waals surface area contributed by atoms with E-state index >= 15 is 0 Å². The number of ether oxygens (including phenoxy) is 1. The molecule has 2 heterocycles. The van der Waals surface area contributed by atoms with E-state index in [1.54, 1.807) is 0 Å². The predicted octanol–water partition coefficient (Wildman–Crippen LogP) is 1.54. The molecule has 7 nitrogen and oxygen atoms in total. The molecule has 1 saturated heterocycles. The van der Waals surface area contributed by atoms with Crippen LogP contribution in [0.3, 0.4) is 0 Å². The van der Waals surface area contributed by atoms with Crippen LogP contribution in [-0.2, 0) is 11.3 Å².